The summed E-state index contributed by atoms with van der Waals surface area (Å²) in [5.41, 5.74) is -0.492. The molecule has 0 aromatic heterocycles. The van der Waals surface area contributed by atoms with Crippen LogP contribution >= 0.6 is 11.8 Å². The molecule has 0 aromatic carbocycles. The second kappa shape index (κ2) is 6.95. The summed E-state index contributed by atoms with van der Waals surface area (Å²) in [6.07, 6.45) is 1.68. The summed E-state index contributed by atoms with van der Waals surface area (Å²) in [6.45, 7) is 5.65. The van der Waals surface area contributed by atoms with Crippen LogP contribution < -0.4 is 5.32 Å². The van der Waals surface area contributed by atoms with E-state index >= 15 is 0 Å². The van der Waals surface area contributed by atoms with E-state index in [4.69, 9.17) is 4.74 Å². The molecule has 0 saturated carbocycles. The van der Waals surface area contributed by atoms with Crippen molar-refractivity contribution in [2.45, 2.75) is 38.9 Å². The molecule has 2 N–H and O–H groups in total. The molecule has 1 atom stereocenters. The van der Waals surface area contributed by atoms with E-state index in [-0.39, 0.29) is 6.54 Å². The van der Waals surface area contributed by atoms with Gasteiger partial charge in [-0.25, -0.2) is 4.79 Å². The topological polar surface area (TPSA) is 58.6 Å². The van der Waals surface area contributed by atoms with Crippen LogP contribution in [0.4, 0.5) is 4.79 Å². The summed E-state index contributed by atoms with van der Waals surface area (Å²) in [6, 6.07) is 0. The molecular weight excluding hydrogens is 214 g/mol. The van der Waals surface area contributed by atoms with E-state index in [1.165, 1.54) is 0 Å². The molecule has 0 spiro atoms. The van der Waals surface area contributed by atoms with Gasteiger partial charge < -0.3 is 15.2 Å². The summed E-state index contributed by atoms with van der Waals surface area (Å²) in [5.74, 6) is 0.886. The minimum atomic E-state index is -0.495. The van der Waals surface area contributed by atoms with E-state index < -0.39 is 17.8 Å². The van der Waals surface area contributed by atoms with Crippen molar-refractivity contribution < 1.29 is 14.6 Å². The number of rotatable bonds is 5. The molecule has 0 aliphatic carbocycles. The molecule has 0 fully saturated rings. The van der Waals surface area contributed by atoms with E-state index in [0.717, 1.165) is 5.75 Å². The Morgan fingerprint density at radius 1 is 1.53 bits per heavy atom. The smallest absolute Gasteiger partial charge is 0.407 e. The third kappa shape index (κ3) is 9.87. The number of hydrogen-bond donors (Lipinski definition) is 2. The highest BCUT2D eigenvalue weighted by molar-refractivity contribution is 7.98. The van der Waals surface area contributed by atoms with Crippen LogP contribution in [-0.2, 0) is 4.74 Å². The van der Waals surface area contributed by atoms with Crippen LogP contribution in [-0.4, -0.2) is 41.5 Å². The number of alkyl carbamates (subject to hydrolysis) is 1. The lowest BCUT2D eigenvalue weighted by Gasteiger charge is -2.20. The minimum absolute atomic E-state index is 0.246. The van der Waals surface area contributed by atoms with Gasteiger partial charge in [-0.3, -0.25) is 0 Å². The highest BCUT2D eigenvalue weighted by Crippen LogP contribution is 2.06. The predicted molar refractivity (Wildman–Crippen MR) is 63.2 cm³/mol. The molecule has 5 heteroatoms. The Hall–Kier alpha value is -0.420. The van der Waals surface area contributed by atoms with Crippen LogP contribution in [0.2, 0.25) is 0 Å². The van der Waals surface area contributed by atoms with Gasteiger partial charge in [0.15, 0.2) is 0 Å². The quantitative estimate of drug-likeness (QED) is 0.760. The molecule has 15 heavy (non-hydrogen) atoms. The zero-order valence-electron chi connectivity index (χ0n) is 9.87. The Bertz CT molecular complexity index is 192. The molecule has 0 aromatic rings. The van der Waals surface area contributed by atoms with E-state index in [9.17, 15) is 9.90 Å². The third-order valence-electron chi connectivity index (χ3n) is 1.54. The second-order valence-electron chi connectivity index (χ2n) is 4.32. The highest BCUT2D eigenvalue weighted by Gasteiger charge is 2.16. The van der Waals surface area contributed by atoms with Crippen molar-refractivity contribution in [3.63, 3.8) is 0 Å². The van der Waals surface area contributed by atoms with Crippen LogP contribution in [0.3, 0.4) is 0 Å². The monoisotopic (exact) mass is 235 g/mol. The molecule has 0 bridgehead atoms. The zero-order valence-corrected chi connectivity index (χ0v) is 10.7. The number of aliphatic hydroxyl groups excluding tert-OH is 1. The molecule has 0 rings (SSSR count). The number of amides is 1. The number of nitrogens with one attached hydrogen (secondary N) is 1. The Morgan fingerprint density at radius 2 is 2.13 bits per heavy atom. The van der Waals surface area contributed by atoms with Gasteiger partial charge in [0.25, 0.3) is 0 Å². The maximum atomic E-state index is 11.2. The molecule has 1 amide bonds. The van der Waals surface area contributed by atoms with Gasteiger partial charge in [0.2, 0.25) is 0 Å². The van der Waals surface area contributed by atoms with Crippen molar-refractivity contribution in [3.05, 3.63) is 0 Å². The first kappa shape index (κ1) is 14.6. The minimum Gasteiger partial charge on any atom is -0.444 e. The molecule has 0 heterocycles. The lowest BCUT2D eigenvalue weighted by molar-refractivity contribution is 0.0491. The maximum absolute atomic E-state index is 11.2. The number of carbonyl (C=O) groups is 1. The van der Waals surface area contributed by atoms with E-state index in [1.807, 2.05) is 6.26 Å². The van der Waals surface area contributed by atoms with Crippen LogP contribution in [0.5, 0.6) is 0 Å². The van der Waals surface area contributed by atoms with Gasteiger partial charge in [0, 0.05) is 6.54 Å². The molecule has 4 nitrogen and oxygen atoms in total. The number of aliphatic hydroxyl groups is 1. The van der Waals surface area contributed by atoms with Gasteiger partial charge in [-0.1, -0.05) is 0 Å². The maximum Gasteiger partial charge on any atom is 0.407 e. The van der Waals surface area contributed by atoms with Gasteiger partial charge in [-0.15, -0.1) is 0 Å². The third-order valence-corrected chi connectivity index (χ3v) is 2.18. The van der Waals surface area contributed by atoms with Crippen molar-refractivity contribution in [3.8, 4) is 0 Å². The Labute approximate surface area is 95.8 Å². The summed E-state index contributed by atoms with van der Waals surface area (Å²) < 4.78 is 5.03. The van der Waals surface area contributed by atoms with Crippen molar-refractivity contribution in [1.82, 2.24) is 5.32 Å². The van der Waals surface area contributed by atoms with Gasteiger partial charge in [-0.05, 0) is 39.2 Å². The van der Waals surface area contributed by atoms with Crippen LogP contribution in [0.25, 0.3) is 0 Å². The zero-order chi connectivity index (χ0) is 11.9. The van der Waals surface area contributed by atoms with Gasteiger partial charge in [0.05, 0.1) is 6.10 Å². The molecule has 0 radical (unpaired) electrons. The van der Waals surface area contributed by atoms with Gasteiger partial charge in [0.1, 0.15) is 5.60 Å². The van der Waals surface area contributed by atoms with Crippen LogP contribution in [0.1, 0.15) is 27.2 Å². The van der Waals surface area contributed by atoms with E-state index in [0.29, 0.717) is 6.42 Å². The highest BCUT2D eigenvalue weighted by atomic mass is 32.2. The van der Waals surface area contributed by atoms with E-state index in [2.05, 4.69) is 5.32 Å². The lowest BCUT2D eigenvalue weighted by atomic mass is 10.2. The largest absolute Gasteiger partial charge is 0.444 e. The molecule has 90 valence electrons. The van der Waals surface area contributed by atoms with Crippen LogP contribution in [0, 0.1) is 0 Å². The first-order valence-electron chi connectivity index (χ1n) is 4.99. The second-order valence-corrected chi connectivity index (χ2v) is 5.30. The fraction of sp³-hybridized carbons (Fsp3) is 0.900. The summed E-state index contributed by atoms with van der Waals surface area (Å²) in [7, 11) is 0. The first-order valence-corrected chi connectivity index (χ1v) is 6.38. The van der Waals surface area contributed by atoms with Gasteiger partial charge in [-0.2, -0.15) is 11.8 Å². The van der Waals surface area contributed by atoms with Crippen molar-refractivity contribution in [1.29, 1.82) is 0 Å². The number of carbonyl (C=O) groups excluding carboxylic acids is 1. The average Bonchev–Trinajstić information content (AvgIpc) is 2.08. The van der Waals surface area contributed by atoms with Crippen molar-refractivity contribution in [2.24, 2.45) is 0 Å². The lowest BCUT2D eigenvalue weighted by Crippen LogP contribution is -2.37. The standard InChI is InChI=1S/C10H21NO3S/c1-10(2,3)14-9(13)11-7-8(12)5-6-15-4/h8,12H,5-7H2,1-4H3,(H,11,13). The fourth-order valence-electron chi connectivity index (χ4n) is 0.871. The van der Waals surface area contributed by atoms with E-state index in [1.54, 1.807) is 32.5 Å². The molecule has 0 saturated heterocycles. The fourth-order valence-corrected chi connectivity index (χ4v) is 1.38. The summed E-state index contributed by atoms with van der Waals surface area (Å²) in [5, 5.41) is 12.0. The SMILES string of the molecule is CSCCC(O)CNC(=O)OC(C)(C)C. The molecule has 0 aliphatic rings. The van der Waals surface area contributed by atoms with Crippen molar-refractivity contribution >= 4 is 17.9 Å². The van der Waals surface area contributed by atoms with Crippen molar-refractivity contribution in [2.75, 3.05) is 18.6 Å². The molecular formula is C10H21NO3S. The molecule has 0 aliphatic heterocycles. The number of ether oxygens (including phenoxy) is 1. The average molecular weight is 235 g/mol. The Balaban J connectivity index is 3.62. The first-order chi connectivity index (χ1) is 6.85. The van der Waals surface area contributed by atoms with Crippen LogP contribution in [0.15, 0.2) is 0 Å². The normalized spacial score (nSPS) is 13.4. The summed E-state index contributed by atoms with van der Waals surface area (Å²) >= 11 is 1.67. The Morgan fingerprint density at radius 3 is 2.60 bits per heavy atom. The predicted octanol–water partition coefficient (Wildman–Crippen LogP) is 1.63. The van der Waals surface area contributed by atoms with Gasteiger partial charge >= 0.3 is 6.09 Å². The number of hydrogen-bond acceptors (Lipinski definition) is 4. The Kier molecular flexibility index (Phi) is 6.76. The summed E-state index contributed by atoms with van der Waals surface area (Å²) in [4.78, 5) is 11.2. The molecule has 1 unspecified atom stereocenters. The number of thioether (sulfide) groups is 1.